The first kappa shape index (κ1) is 14.4. The van der Waals surface area contributed by atoms with Gasteiger partial charge in [-0.3, -0.25) is 0 Å². The number of halogens is 1. The fourth-order valence-corrected chi connectivity index (χ4v) is 3.96. The summed E-state index contributed by atoms with van der Waals surface area (Å²) in [5.41, 5.74) is 0. The Morgan fingerprint density at radius 3 is 2.44 bits per heavy atom. The van der Waals surface area contributed by atoms with Crippen molar-refractivity contribution in [3.05, 3.63) is 0 Å². The lowest BCUT2D eigenvalue weighted by Crippen LogP contribution is -2.49. The number of alkyl halides is 1. The summed E-state index contributed by atoms with van der Waals surface area (Å²) in [5, 5.41) is 0.663. The highest BCUT2D eigenvalue weighted by Crippen LogP contribution is 2.11. The smallest absolute Gasteiger partial charge is 0.282 e. The van der Waals surface area contributed by atoms with Gasteiger partial charge in [-0.25, -0.2) is 0 Å². The summed E-state index contributed by atoms with van der Waals surface area (Å²) in [4.78, 5) is 0. The van der Waals surface area contributed by atoms with Crippen LogP contribution in [0.15, 0.2) is 0 Å². The highest BCUT2D eigenvalue weighted by molar-refractivity contribution is 9.09. The van der Waals surface area contributed by atoms with E-state index >= 15 is 0 Å². The molecule has 0 aromatic heterocycles. The van der Waals surface area contributed by atoms with Crippen LogP contribution in [0.4, 0.5) is 0 Å². The van der Waals surface area contributed by atoms with Crippen LogP contribution in [0.5, 0.6) is 0 Å². The van der Waals surface area contributed by atoms with E-state index in [4.69, 9.17) is 4.74 Å². The molecular weight excluding hydrogens is 296 g/mol. The third-order valence-corrected chi connectivity index (χ3v) is 4.82. The summed E-state index contributed by atoms with van der Waals surface area (Å²) < 4.78 is 32.7. The van der Waals surface area contributed by atoms with E-state index in [1.165, 1.54) is 8.61 Å². The molecule has 0 spiro atoms. The van der Waals surface area contributed by atoms with Crippen molar-refractivity contribution in [3.8, 4) is 0 Å². The van der Waals surface area contributed by atoms with Gasteiger partial charge in [0.05, 0.1) is 13.2 Å². The van der Waals surface area contributed by atoms with Gasteiger partial charge >= 0.3 is 0 Å². The van der Waals surface area contributed by atoms with E-state index in [0.29, 0.717) is 44.7 Å². The number of nitrogens with zero attached hydrogens (tertiary/aromatic N) is 2. The van der Waals surface area contributed by atoms with Crippen LogP contribution in [0.25, 0.3) is 0 Å². The van der Waals surface area contributed by atoms with E-state index in [1.807, 2.05) is 6.92 Å². The minimum absolute atomic E-state index is 0.463. The summed E-state index contributed by atoms with van der Waals surface area (Å²) >= 11 is 3.29. The molecule has 0 aromatic carbocycles. The first-order valence-corrected chi connectivity index (χ1v) is 8.03. The van der Waals surface area contributed by atoms with Crippen molar-refractivity contribution >= 4 is 26.1 Å². The van der Waals surface area contributed by atoms with Gasteiger partial charge in [-0.05, 0) is 6.42 Å². The van der Waals surface area contributed by atoms with Gasteiger partial charge in [0, 0.05) is 31.5 Å². The van der Waals surface area contributed by atoms with Gasteiger partial charge in [0.1, 0.15) is 0 Å². The zero-order valence-electron chi connectivity index (χ0n) is 9.56. The molecule has 7 heteroatoms. The highest BCUT2D eigenvalue weighted by Gasteiger charge is 2.29. The lowest BCUT2D eigenvalue weighted by molar-refractivity contribution is 0.0703. The second kappa shape index (κ2) is 6.90. The Bertz CT molecular complexity index is 285. The molecule has 0 atom stereocenters. The number of ether oxygens (including phenoxy) is 1. The van der Waals surface area contributed by atoms with Crippen molar-refractivity contribution in [2.75, 3.05) is 44.7 Å². The molecule has 0 radical (unpaired) electrons. The van der Waals surface area contributed by atoms with Gasteiger partial charge in [-0.1, -0.05) is 22.9 Å². The van der Waals surface area contributed by atoms with Crippen molar-refractivity contribution in [2.24, 2.45) is 0 Å². The maximum Gasteiger partial charge on any atom is 0.282 e. The van der Waals surface area contributed by atoms with E-state index in [1.54, 1.807) is 0 Å². The van der Waals surface area contributed by atoms with Crippen LogP contribution < -0.4 is 0 Å². The van der Waals surface area contributed by atoms with E-state index in [-0.39, 0.29) is 0 Å². The van der Waals surface area contributed by atoms with Gasteiger partial charge in [-0.2, -0.15) is 17.0 Å². The summed E-state index contributed by atoms with van der Waals surface area (Å²) in [6, 6.07) is 0. The molecule has 0 saturated carbocycles. The zero-order valence-corrected chi connectivity index (χ0v) is 12.0. The summed E-state index contributed by atoms with van der Waals surface area (Å²) in [5.74, 6) is 0. The molecule has 5 nitrogen and oxygen atoms in total. The van der Waals surface area contributed by atoms with Crippen molar-refractivity contribution in [2.45, 2.75) is 13.3 Å². The van der Waals surface area contributed by atoms with Crippen molar-refractivity contribution in [1.82, 2.24) is 8.61 Å². The highest BCUT2D eigenvalue weighted by atomic mass is 79.9. The standard InChI is InChI=1S/C9H19BrN2O3S/c1-2-4-11(5-3-10)16(13,14)12-6-8-15-9-7-12/h2-9H2,1H3. The average Bonchev–Trinajstić information content (AvgIpc) is 2.30. The largest absolute Gasteiger partial charge is 0.379 e. The molecule has 1 heterocycles. The normalized spacial score (nSPS) is 19.2. The molecule has 0 aliphatic carbocycles. The third kappa shape index (κ3) is 3.66. The van der Waals surface area contributed by atoms with Gasteiger partial charge in [0.15, 0.2) is 0 Å². The quantitative estimate of drug-likeness (QED) is 0.677. The SMILES string of the molecule is CCCN(CCBr)S(=O)(=O)N1CCOCC1. The molecule has 16 heavy (non-hydrogen) atoms. The molecule has 1 fully saturated rings. The Balaban J connectivity index is 2.70. The predicted octanol–water partition coefficient (Wildman–Crippen LogP) is 0.670. The van der Waals surface area contributed by atoms with Crippen LogP contribution in [0.2, 0.25) is 0 Å². The fourth-order valence-electron chi connectivity index (χ4n) is 1.63. The molecule has 1 aliphatic rings. The van der Waals surface area contributed by atoms with E-state index in [9.17, 15) is 8.42 Å². The summed E-state index contributed by atoms with van der Waals surface area (Å²) in [6.45, 7) is 4.99. The Hall–Kier alpha value is 0.310. The number of rotatable bonds is 6. The third-order valence-electron chi connectivity index (χ3n) is 2.43. The first-order valence-electron chi connectivity index (χ1n) is 5.52. The minimum atomic E-state index is -3.29. The maximum absolute atomic E-state index is 12.2. The summed E-state index contributed by atoms with van der Waals surface area (Å²) in [6.07, 6.45) is 0.830. The van der Waals surface area contributed by atoms with Gasteiger partial charge in [0.2, 0.25) is 0 Å². The second-order valence-corrected chi connectivity index (χ2v) is 6.33. The van der Waals surface area contributed by atoms with Gasteiger partial charge in [-0.15, -0.1) is 0 Å². The van der Waals surface area contributed by atoms with E-state index in [0.717, 1.165) is 6.42 Å². The van der Waals surface area contributed by atoms with Crippen LogP contribution in [-0.4, -0.2) is 61.8 Å². The Morgan fingerprint density at radius 2 is 1.94 bits per heavy atom. The maximum atomic E-state index is 12.2. The molecule has 96 valence electrons. The Labute approximate surface area is 106 Å². The number of hydrogen-bond acceptors (Lipinski definition) is 3. The van der Waals surface area contributed by atoms with Crippen LogP contribution in [-0.2, 0) is 14.9 Å². The molecule has 1 aliphatic heterocycles. The second-order valence-electron chi connectivity index (χ2n) is 3.61. The molecular formula is C9H19BrN2O3S. The average molecular weight is 315 g/mol. The van der Waals surface area contributed by atoms with Crippen molar-refractivity contribution in [1.29, 1.82) is 0 Å². The van der Waals surface area contributed by atoms with E-state index in [2.05, 4.69) is 15.9 Å². The minimum Gasteiger partial charge on any atom is -0.379 e. The van der Waals surface area contributed by atoms with Crippen molar-refractivity contribution in [3.63, 3.8) is 0 Å². The molecule has 1 rings (SSSR count). The molecule has 0 aromatic rings. The van der Waals surface area contributed by atoms with Crippen LogP contribution in [0, 0.1) is 0 Å². The number of hydrogen-bond donors (Lipinski definition) is 0. The molecule has 0 N–H and O–H groups in total. The topological polar surface area (TPSA) is 49.9 Å². The Kier molecular flexibility index (Phi) is 6.20. The van der Waals surface area contributed by atoms with Crippen LogP contribution in [0.3, 0.4) is 0 Å². The van der Waals surface area contributed by atoms with Crippen LogP contribution in [0.1, 0.15) is 13.3 Å². The Morgan fingerprint density at radius 1 is 1.31 bits per heavy atom. The molecule has 0 bridgehead atoms. The monoisotopic (exact) mass is 314 g/mol. The number of morpholine rings is 1. The van der Waals surface area contributed by atoms with Crippen LogP contribution >= 0.6 is 15.9 Å². The molecule has 0 unspecified atom stereocenters. The zero-order chi connectivity index (χ0) is 12.0. The molecule has 1 saturated heterocycles. The lowest BCUT2D eigenvalue weighted by Gasteiger charge is -2.31. The van der Waals surface area contributed by atoms with E-state index < -0.39 is 10.2 Å². The summed E-state index contributed by atoms with van der Waals surface area (Å²) in [7, 11) is -3.29. The fraction of sp³-hybridized carbons (Fsp3) is 1.00. The van der Waals surface area contributed by atoms with Gasteiger partial charge < -0.3 is 4.74 Å². The molecule has 0 amide bonds. The predicted molar refractivity (Wildman–Crippen MR) is 67.0 cm³/mol. The van der Waals surface area contributed by atoms with Crippen molar-refractivity contribution < 1.29 is 13.2 Å². The van der Waals surface area contributed by atoms with Gasteiger partial charge in [0.25, 0.3) is 10.2 Å². The lowest BCUT2D eigenvalue weighted by atomic mass is 10.5. The first-order chi connectivity index (χ1) is 7.62.